The molecule has 1 unspecified atom stereocenters. The zero-order chi connectivity index (χ0) is 12.8. The molecule has 0 aromatic heterocycles. The number of hydrogen-bond acceptors (Lipinski definition) is 3. The molecule has 18 heavy (non-hydrogen) atoms. The fourth-order valence-corrected chi connectivity index (χ4v) is 2.44. The van der Waals surface area contributed by atoms with E-state index in [-0.39, 0.29) is 0 Å². The number of rotatable bonds is 5. The van der Waals surface area contributed by atoms with Crippen molar-refractivity contribution < 1.29 is 4.74 Å². The van der Waals surface area contributed by atoms with Gasteiger partial charge in [-0.1, -0.05) is 12.1 Å². The first kappa shape index (κ1) is 13.4. The molecule has 1 saturated heterocycles. The maximum atomic E-state index is 5.45. The van der Waals surface area contributed by atoms with Crippen LogP contribution in [0.15, 0.2) is 24.3 Å². The minimum atomic E-state index is 0.672. The lowest BCUT2D eigenvalue weighted by Crippen LogP contribution is -2.49. The third-order valence-electron chi connectivity index (χ3n) is 3.65. The van der Waals surface area contributed by atoms with Crippen molar-refractivity contribution in [3.8, 4) is 5.75 Å². The number of piperazine rings is 1. The summed E-state index contributed by atoms with van der Waals surface area (Å²) in [5, 5.41) is 3.47. The van der Waals surface area contributed by atoms with E-state index in [9.17, 15) is 0 Å². The monoisotopic (exact) mass is 248 g/mol. The highest BCUT2D eigenvalue weighted by Gasteiger charge is 2.17. The zero-order valence-electron chi connectivity index (χ0n) is 11.5. The van der Waals surface area contributed by atoms with E-state index in [1.807, 2.05) is 6.92 Å². The molecule has 1 fully saturated rings. The van der Waals surface area contributed by atoms with Crippen LogP contribution in [0.2, 0.25) is 0 Å². The first-order chi connectivity index (χ1) is 8.79. The number of nitrogens with zero attached hydrogens (tertiary/aromatic N) is 1. The number of aryl methyl sites for hydroxylation is 1. The molecular formula is C15H24N2O. The van der Waals surface area contributed by atoms with Crippen LogP contribution in [0.5, 0.6) is 5.75 Å². The predicted molar refractivity (Wildman–Crippen MR) is 75.2 cm³/mol. The van der Waals surface area contributed by atoms with Crippen LogP contribution < -0.4 is 10.1 Å². The molecule has 0 bridgehead atoms. The highest BCUT2D eigenvalue weighted by atomic mass is 16.5. The van der Waals surface area contributed by atoms with Crippen molar-refractivity contribution in [3.05, 3.63) is 29.8 Å². The van der Waals surface area contributed by atoms with E-state index in [1.54, 1.807) is 0 Å². The molecule has 0 saturated carbocycles. The predicted octanol–water partition coefficient (Wildman–Crippen LogP) is 1.92. The van der Waals surface area contributed by atoms with Gasteiger partial charge >= 0.3 is 0 Å². The van der Waals surface area contributed by atoms with Crippen molar-refractivity contribution in [2.24, 2.45) is 0 Å². The van der Waals surface area contributed by atoms with Gasteiger partial charge in [0.15, 0.2) is 0 Å². The number of nitrogens with one attached hydrogen (secondary N) is 1. The molecular weight excluding hydrogens is 224 g/mol. The lowest BCUT2D eigenvalue weighted by molar-refractivity contribution is 0.191. The van der Waals surface area contributed by atoms with Gasteiger partial charge < -0.3 is 15.0 Å². The van der Waals surface area contributed by atoms with E-state index in [2.05, 4.69) is 41.5 Å². The topological polar surface area (TPSA) is 24.5 Å². The second-order valence-electron chi connectivity index (χ2n) is 4.95. The first-order valence-corrected chi connectivity index (χ1v) is 6.92. The fraction of sp³-hybridized carbons (Fsp3) is 0.600. The van der Waals surface area contributed by atoms with E-state index in [4.69, 9.17) is 4.74 Å². The van der Waals surface area contributed by atoms with Gasteiger partial charge in [-0.15, -0.1) is 0 Å². The second-order valence-corrected chi connectivity index (χ2v) is 4.95. The summed E-state index contributed by atoms with van der Waals surface area (Å²) < 4.78 is 5.45. The molecule has 0 amide bonds. The van der Waals surface area contributed by atoms with Crippen LogP contribution in [0, 0.1) is 0 Å². The molecule has 1 aliphatic heterocycles. The highest BCUT2D eigenvalue weighted by Crippen LogP contribution is 2.15. The number of hydrogen-bond donors (Lipinski definition) is 1. The minimum absolute atomic E-state index is 0.672. The van der Waals surface area contributed by atoms with Gasteiger partial charge in [0.05, 0.1) is 6.61 Å². The lowest BCUT2D eigenvalue weighted by Gasteiger charge is -2.33. The average molecular weight is 248 g/mol. The van der Waals surface area contributed by atoms with E-state index in [0.29, 0.717) is 6.04 Å². The van der Waals surface area contributed by atoms with Gasteiger partial charge in [0.1, 0.15) is 5.75 Å². The molecule has 0 radical (unpaired) electrons. The second kappa shape index (κ2) is 6.76. The van der Waals surface area contributed by atoms with Gasteiger partial charge in [0, 0.05) is 25.7 Å². The summed E-state index contributed by atoms with van der Waals surface area (Å²) >= 11 is 0. The summed E-state index contributed by atoms with van der Waals surface area (Å²) in [4.78, 5) is 2.46. The number of likely N-dealkylation sites (N-methyl/N-ethyl adjacent to an activating group) is 1. The van der Waals surface area contributed by atoms with Crippen LogP contribution in [-0.4, -0.2) is 44.2 Å². The highest BCUT2D eigenvalue weighted by molar-refractivity contribution is 5.27. The quantitative estimate of drug-likeness (QED) is 0.861. The van der Waals surface area contributed by atoms with Gasteiger partial charge in [-0.2, -0.15) is 0 Å². The Balaban J connectivity index is 1.82. The summed E-state index contributed by atoms with van der Waals surface area (Å²) in [6.07, 6.45) is 2.36. The van der Waals surface area contributed by atoms with Crippen molar-refractivity contribution in [1.29, 1.82) is 0 Å². The SMILES string of the molecule is CCOc1ccc(CCC2CNCCN2C)cc1. The molecule has 3 heteroatoms. The molecule has 1 atom stereocenters. The molecule has 1 aromatic carbocycles. The summed E-state index contributed by atoms with van der Waals surface area (Å²) in [6.45, 7) is 6.15. The minimum Gasteiger partial charge on any atom is -0.494 e. The molecule has 1 heterocycles. The summed E-state index contributed by atoms with van der Waals surface area (Å²) in [5.74, 6) is 0.970. The average Bonchev–Trinajstić information content (AvgIpc) is 2.40. The van der Waals surface area contributed by atoms with Crippen LogP contribution in [0.25, 0.3) is 0 Å². The van der Waals surface area contributed by atoms with Crippen LogP contribution in [0.3, 0.4) is 0 Å². The largest absolute Gasteiger partial charge is 0.494 e. The lowest BCUT2D eigenvalue weighted by atomic mass is 10.0. The van der Waals surface area contributed by atoms with Gasteiger partial charge in [0.2, 0.25) is 0 Å². The molecule has 1 N–H and O–H groups in total. The summed E-state index contributed by atoms with van der Waals surface area (Å²) in [7, 11) is 2.23. The van der Waals surface area contributed by atoms with Crippen LogP contribution in [0.4, 0.5) is 0 Å². The summed E-state index contributed by atoms with van der Waals surface area (Å²) in [5.41, 5.74) is 1.40. The van der Waals surface area contributed by atoms with E-state index in [1.165, 1.54) is 12.0 Å². The molecule has 2 rings (SSSR count). The van der Waals surface area contributed by atoms with Crippen molar-refractivity contribution in [2.75, 3.05) is 33.3 Å². The van der Waals surface area contributed by atoms with E-state index < -0.39 is 0 Å². The van der Waals surface area contributed by atoms with Crippen molar-refractivity contribution in [3.63, 3.8) is 0 Å². The van der Waals surface area contributed by atoms with E-state index in [0.717, 1.165) is 38.4 Å². The number of benzene rings is 1. The van der Waals surface area contributed by atoms with Crippen molar-refractivity contribution >= 4 is 0 Å². The van der Waals surface area contributed by atoms with Gasteiger partial charge in [-0.25, -0.2) is 0 Å². The molecule has 0 spiro atoms. The normalized spacial score (nSPS) is 20.9. The molecule has 1 aliphatic rings. The molecule has 3 nitrogen and oxygen atoms in total. The third-order valence-corrected chi connectivity index (χ3v) is 3.65. The Kier molecular flexibility index (Phi) is 5.02. The third kappa shape index (κ3) is 3.72. The van der Waals surface area contributed by atoms with Crippen LogP contribution in [0.1, 0.15) is 18.9 Å². The Morgan fingerprint density at radius 3 is 2.78 bits per heavy atom. The Morgan fingerprint density at radius 1 is 1.33 bits per heavy atom. The van der Waals surface area contributed by atoms with Crippen LogP contribution >= 0.6 is 0 Å². The van der Waals surface area contributed by atoms with Crippen molar-refractivity contribution in [1.82, 2.24) is 10.2 Å². The molecule has 100 valence electrons. The first-order valence-electron chi connectivity index (χ1n) is 6.92. The maximum Gasteiger partial charge on any atom is 0.119 e. The smallest absolute Gasteiger partial charge is 0.119 e. The van der Waals surface area contributed by atoms with E-state index >= 15 is 0 Å². The maximum absolute atomic E-state index is 5.45. The Hall–Kier alpha value is -1.06. The fourth-order valence-electron chi connectivity index (χ4n) is 2.44. The summed E-state index contributed by atoms with van der Waals surface area (Å²) in [6, 6.07) is 9.18. The van der Waals surface area contributed by atoms with Crippen LogP contribution in [-0.2, 0) is 6.42 Å². The van der Waals surface area contributed by atoms with Crippen molar-refractivity contribution in [2.45, 2.75) is 25.8 Å². The Morgan fingerprint density at radius 2 is 2.11 bits per heavy atom. The molecule has 0 aliphatic carbocycles. The molecule has 1 aromatic rings. The number of ether oxygens (including phenoxy) is 1. The van der Waals surface area contributed by atoms with Gasteiger partial charge in [-0.3, -0.25) is 0 Å². The Labute approximate surface area is 110 Å². The standard InChI is InChI=1S/C15H24N2O/c1-3-18-15-8-5-13(6-9-15)4-7-14-12-16-10-11-17(14)2/h5-6,8-9,14,16H,3-4,7,10-12H2,1-2H3. The zero-order valence-corrected chi connectivity index (χ0v) is 11.5. The van der Waals surface area contributed by atoms with Gasteiger partial charge in [0.25, 0.3) is 0 Å². The Bertz CT molecular complexity index is 350. The van der Waals surface area contributed by atoms with Gasteiger partial charge in [-0.05, 0) is 44.5 Å².